The van der Waals surface area contributed by atoms with E-state index in [2.05, 4.69) is 20.3 Å². The van der Waals surface area contributed by atoms with Gasteiger partial charge in [-0.15, -0.1) is 0 Å². The van der Waals surface area contributed by atoms with Gasteiger partial charge >= 0.3 is 5.97 Å². The SMILES string of the molecule is CCOC(=O)c1sc(NC(=O)[C@@H](CC)Sc2nc(-c3ccccc3)c(C)[nH]2)nc1C. The molecule has 0 bridgehead atoms. The predicted octanol–water partition coefficient (Wildman–Crippen LogP) is 4.84. The molecule has 0 saturated carbocycles. The third kappa shape index (κ3) is 5.09. The zero-order valence-corrected chi connectivity index (χ0v) is 18.9. The second kappa shape index (κ2) is 9.90. The minimum absolute atomic E-state index is 0.179. The van der Waals surface area contributed by atoms with Crippen LogP contribution in [0.5, 0.6) is 0 Å². The number of carbonyl (C=O) groups is 2. The molecular formula is C21H24N4O3S2. The van der Waals surface area contributed by atoms with Crippen LogP contribution >= 0.6 is 23.1 Å². The summed E-state index contributed by atoms with van der Waals surface area (Å²) in [6.45, 7) is 7.68. The molecule has 2 aromatic heterocycles. The van der Waals surface area contributed by atoms with Crippen LogP contribution in [0.25, 0.3) is 11.3 Å². The van der Waals surface area contributed by atoms with Crippen LogP contribution in [0.1, 0.15) is 41.3 Å². The molecule has 9 heteroatoms. The van der Waals surface area contributed by atoms with Gasteiger partial charge in [-0.25, -0.2) is 14.8 Å². The van der Waals surface area contributed by atoms with Crippen molar-refractivity contribution in [2.45, 2.75) is 44.5 Å². The van der Waals surface area contributed by atoms with Gasteiger partial charge in [-0.2, -0.15) is 0 Å². The lowest BCUT2D eigenvalue weighted by atomic mass is 10.1. The van der Waals surface area contributed by atoms with E-state index in [0.717, 1.165) is 28.3 Å². The topological polar surface area (TPSA) is 97.0 Å². The van der Waals surface area contributed by atoms with Gasteiger partial charge in [0.1, 0.15) is 4.88 Å². The monoisotopic (exact) mass is 444 g/mol. The van der Waals surface area contributed by atoms with Crippen molar-refractivity contribution in [2.75, 3.05) is 11.9 Å². The lowest BCUT2D eigenvalue weighted by Crippen LogP contribution is -2.24. The van der Waals surface area contributed by atoms with Gasteiger partial charge in [-0.05, 0) is 27.2 Å². The number of amides is 1. The predicted molar refractivity (Wildman–Crippen MR) is 120 cm³/mol. The maximum atomic E-state index is 12.8. The number of thiazole rings is 1. The molecule has 3 aromatic rings. The van der Waals surface area contributed by atoms with Gasteiger partial charge in [0.2, 0.25) is 5.91 Å². The van der Waals surface area contributed by atoms with Crippen LogP contribution < -0.4 is 5.32 Å². The Morgan fingerprint density at radius 2 is 1.93 bits per heavy atom. The van der Waals surface area contributed by atoms with Crippen molar-refractivity contribution in [3.05, 3.63) is 46.6 Å². The van der Waals surface area contributed by atoms with Crippen molar-refractivity contribution in [3.8, 4) is 11.3 Å². The number of rotatable bonds is 8. The number of carbonyl (C=O) groups excluding carboxylic acids is 2. The Labute approximate surface area is 183 Å². The molecule has 0 radical (unpaired) electrons. The Bertz CT molecular complexity index is 1030. The average Bonchev–Trinajstić information content (AvgIpc) is 3.28. The van der Waals surface area contributed by atoms with E-state index in [1.807, 2.05) is 44.2 Å². The summed E-state index contributed by atoms with van der Waals surface area (Å²) in [7, 11) is 0. The maximum Gasteiger partial charge on any atom is 0.350 e. The Hall–Kier alpha value is -2.65. The number of thioether (sulfide) groups is 1. The molecule has 158 valence electrons. The Morgan fingerprint density at radius 1 is 1.20 bits per heavy atom. The van der Waals surface area contributed by atoms with Gasteiger partial charge in [-0.3, -0.25) is 4.79 Å². The fourth-order valence-electron chi connectivity index (χ4n) is 2.84. The molecule has 3 rings (SSSR count). The van der Waals surface area contributed by atoms with Crippen LogP contribution in [0.3, 0.4) is 0 Å². The van der Waals surface area contributed by atoms with Gasteiger partial charge in [0.05, 0.1) is 23.2 Å². The first-order valence-corrected chi connectivity index (χ1v) is 11.4. The van der Waals surface area contributed by atoms with E-state index >= 15 is 0 Å². The molecule has 0 aliphatic heterocycles. The lowest BCUT2D eigenvalue weighted by Gasteiger charge is -2.11. The number of aromatic nitrogens is 3. The highest BCUT2D eigenvalue weighted by Gasteiger charge is 2.23. The molecular weight excluding hydrogens is 420 g/mol. The van der Waals surface area contributed by atoms with Crippen molar-refractivity contribution < 1.29 is 14.3 Å². The first-order valence-electron chi connectivity index (χ1n) is 9.67. The summed E-state index contributed by atoms with van der Waals surface area (Å²) in [5.74, 6) is -0.601. The molecule has 0 fully saturated rings. The second-order valence-electron chi connectivity index (χ2n) is 6.54. The fraction of sp³-hybridized carbons (Fsp3) is 0.333. The maximum absolute atomic E-state index is 12.8. The van der Waals surface area contributed by atoms with Gasteiger partial charge in [0.25, 0.3) is 0 Å². The summed E-state index contributed by atoms with van der Waals surface area (Å²) >= 11 is 2.50. The second-order valence-corrected chi connectivity index (χ2v) is 8.73. The molecule has 0 aliphatic rings. The van der Waals surface area contributed by atoms with Crippen LogP contribution in [0.15, 0.2) is 35.5 Å². The van der Waals surface area contributed by atoms with E-state index in [1.165, 1.54) is 11.8 Å². The average molecular weight is 445 g/mol. The summed E-state index contributed by atoms with van der Waals surface area (Å²) in [4.78, 5) is 37.4. The Balaban J connectivity index is 1.70. The number of H-pyrrole nitrogens is 1. The fourth-order valence-corrected chi connectivity index (χ4v) is 4.67. The summed E-state index contributed by atoms with van der Waals surface area (Å²) in [6.07, 6.45) is 0.617. The molecule has 0 aliphatic carbocycles. The van der Waals surface area contributed by atoms with E-state index in [-0.39, 0.29) is 11.2 Å². The lowest BCUT2D eigenvalue weighted by molar-refractivity contribution is -0.115. The minimum Gasteiger partial charge on any atom is -0.462 e. The molecule has 2 heterocycles. The third-order valence-electron chi connectivity index (χ3n) is 4.31. The van der Waals surface area contributed by atoms with E-state index in [1.54, 1.807) is 13.8 Å². The number of anilines is 1. The van der Waals surface area contributed by atoms with Crippen molar-refractivity contribution in [1.29, 1.82) is 0 Å². The smallest absolute Gasteiger partial charge is 0.350 e. The quantitative estimate of drug-likeness (QED) is 0.381. The normalized spacial score (nSPS) is 11.9. The number of nitrogens with zero attached hydrogens (tertiary/aromatic N) is 2. The number of imidazole rings is 1. The summed E-state index contributed by atoms with van der Waals surface area (Å²) in [5.41, 5.74) is 3.40. The number of ether oxygens (including phenoxy) is 1. The third-order valence-corrected chi connectivity index (χ3v) is 6.62. The highest BCUT2D eigenvalue weighted by molar-refractivity contribution is 8.00. The molecule has 30 heavy (non-hydrogen) atoms. The van der Waals surface area contributed by atoms with Gasteiger partial charge in [0, 0.05) is 11.3 Å². The molecule has 1 atom stereocenters. The van der Waals surface area contributed by atoms with Crippen LogP contribution in [-0.4, -0.2) is 38.7 Å². The van der Waals surface area contributed by atoms with Crippen molar-refractivity contribution in [1.82, 2.24) is 15.0 Å². The van der Waals surface area contributed by atoms with Crippen LogP contribution in [-0.2, 0) is 9.53 Å². The first-order chi connectivity index (χ1) is 14.4. The summed E-state index contributed by atoms with van der Waals surface area (Å²) < 4.78 is 5.03. The van der Waals surface area contributed by atoms with Crippen molar-refractivity contribution >= 4 is 40.1 Å². The van der Waals surface area contributed by atoms with Crippen molar-refractivity contribution in [3.63, 3.8) is 0 Å². The largest absolute Gasteiger partial charge is 0.462 e. The Morgan fingerprint density at radius 3 is 2.60 bits per heavy atom. The van der Waals surface area contributed by atoms with E-state index in [4.69, 9.17) is 4.74 Å². The highest BCUT2D eigenvalue weighted by Crippen LogP contribution is 2.30. The zero-order valence-electron chi connectivity index (χ0n) is 17.3. The van der Waals surface area contributed by atoms with E-state index < -0.39 is 5.97 Å². The number of aryl methyl sites for hydroxylation is 2. The number of hydrogen-bond acceptors (Lipinski definition) is 7. The minimum atomic E-state index is -0.422. The standard InChI is InChI=1S/C21H24N4O3S2/c1-5-15(18(26)25-21-23-13(4)17(30-21)19(27)28-6-2)29-20-22-12(3)16(24-20)14-10-8-7-9-11-14/h7-11,15H,5-6H2,1-4H3,(H,22,24)(H,23,25,26)/t15-/m1/s1. The zero-order chi connectivity index (χ0) is 21.7. The van der Waals surface area contributed by atoms with Crippen molar-refractivity contribution in [2.24, 2.45) is 0 Å². The van der Waals surface area contributed by atoms with Gasteiger partial charge in [0.15, 0.2) is 10.3 Å². The van der Waals surface area contributed by atoms with Gasteiger partial charge < -0.3 is 15.0 Å². The van der Waals surface area contributed by atoms with Crippen LogP contribution in [0.4, 0.5) is 5.13 Å². The molecule has 0 unspecified atom stereocenters. The van der Waals surface area contributed by atoms with E-state index in [0.29, 0.717) is 33.9 Å². The number of nitrogens with one attached hydrogen (secondary N) is 2. The number of aromatic amines is 1. The number of benzene rings is 1. The van der Waals surface area contributed by atoms with E-state index in [9.17, 15) is 9.59 Å². The molecule has 1 aromatic carbocycles. The number of hydrogen-bond donors (Lipinski definition) is 2. The molecule has 0 saturated heterocycles. The molecule has 7 nitrogen and oxygen atoms in total. The summed E-state index contributed by atoms with van der Waals surface area (Å²) in [5, 5.41) is 3.55. The Kier molecular flexibility index (Phi) is 7.28. The van der Waals surface area contributed by atoms with Gasteiger partial charge in [-0.1, -0.05) is 60.4 Å². The highest BCUT2D eigenvalue weighted by atomic mass is 32.2. The number of esters is 1. The first kappa shape index (κ1) is 22.0. The van der Waals surface area contributed by atoms with Crippen LogP contribution in [0.2, 0.25) is 0 Å². The van der Waals surface area contributed by atoms with Crippen LogP contribution in [0, 0.1) is 13.8 Å². The molecule has 2 N–H and O–H groups in total. The molecule has 0 spiro atoms. The molecule has 1 amide bonds. The summed E-state index contributed by atoms with van der Waals surface area (Å²) in [6, 6.07) is 9.92.